The second-order valence-corrected chi connectivity index (χ2v) is 2.94. The standard InChI is InChI=1S/C10H14N2/c1-4-9-7-11-12-10(9)6-5-8(2)3/h4-7,12H,1-3H3/b9-4+,10-6+. The second-order valence-electron chi connectivity index (χ2n) is 2.94. The summed E-state index contributed by atoms with van der Waals surface area (Å²) in [5, 5.41) is 9.10. The summed E-state index contributed by atoms with van der Waals surface area (Å²) in [5.41, 5.74) is 1.28. The molecule has 2 nitrogen and oxygen atoms in total. The van der Waals surface area contributed by atoms with Crippen LogP contribution in [-0.4, -0.2) is 10.2 Å². The number of allylic oxidation sites excluding steroid dienone is 2. The van der Waals surface area contributed by atoms with Gasteiger partial charge in [-0.05, 0) is 26.8 Å². The van der Waals surface area contributed by atoms with Crippen LogP contribution in [0.1, 0.15) is 20.8 Å². The third kappa shape index (κ3) is 2.09. The summed E-state index contributed by atoms with van der Waals surface area (Å²) >= 11 is 0. The van der Waals surface area contributed by atoms with Gasteiger partial charge >= 0.3 is 0 Å². The molecule has 0 fully saturated rings. The lowest BCUT2D eigenvalue weighted by atomic mass is 10.3. The van der Waals surface area contributed by atoms with Crippen LogP contribution in [0.4, 0.5) is 0 Å². The number of hydrogen-bond donors (Lipinski definition) is 1. The van der Waals surface area contributed by atoms with E-state index in [4.69, 9.17) is 0 Å². The van der Waals surface area contributed by atoms with E-state index in [0.29, 0.717) is 0 Å². The van der Waals surface area contributed by atoms with Crippen LogP contribution in [0, 0.1) is 0 Å². The zero-order chi connectivity index (χ0) is 8.97. The van der Waals surface area contributed by atoms with Crippen LogP contribution >= 0.6 is 0 Å². The normalized spacial score (nSPS) is 13.6. The van der Waals surface area contributed by atoms with Gasteiger partial charge in [-0.3, -0.25) is 5.10 Å². The van der Waals surface area contributed by atoms with Crippen molar-refractivity contribution in [3.63, 3.8) is 0 Å². The summed E-state index contributed by atoms with van der Waals surface area (Å²) in [6.07, 6.45) is 7.97. The lowest BCUT2D eigenvalue weighted by molar-refractivity contribution is 1.06. The Labute approximate surface area is 72.3 Å². The maximum absolute atomic E-state index is 3.95. The van der Waals surface area contributed by atoms with Crippen LogP contribution in [0.25, 0.3) is 12.2 Å². The Kier molecular flexibility index (Phi) is 2.86. The van der Waals surface area contributed by atoms with Gasteiger partial charge in [-0.1, -0.05) is 17.7 Å². The molecule has 0 unspecified atom stereocenters. The van der Waals surface area contributed by atoms with Crippen molar-refractivity contribution < 1.29 is 0 Å². The van der Waals surface area contributed by atoms with E-state index >= 15 is 0 Å². The number of rotatable bonds is 1. The minimum atomic E-state index is 1.07. The minimum absolute atomic E-state index is 1.07. The molecule has 1 aromatic heterocycles. The summed E-state index contributed by atoms with van der Waals surface area (Å²) in [7, 11) is 0. The zero-order valence-electron chi connectivity index (χ0n) is 7.76. The molecule has 2 heteroatoms. The van der Waals surface area contributed by atoms with E-state index in [1.807, 2.05) is 25.3 Å². The molecule has 0 aromatic carbocycles. The van der Waals surface area contributed by atoms with Gasteiger partial charge in [0.2, 0.25) is 0 Å². The number of nitrogens with one attached hydrogen (secondary N) is 1. The van der Waals surface area contributed by atoms with Crippen molar-refractivity contribution in [3.8, 4) is 0 Å². The minimum Gasteiger partial charge on any atom is -0.278 e. The lowest BCUT2D eigenvalue weighted by Gasteiger charge is -1.80. The van der Waals surface area contributed by atoms with Crippen molar-refractivity contribution in [1.82, 2.24) is 10.2 Å². The third-order valence-corrected chi connectivity index (χ3v) is 1.59. The van der Waals surface area contributed by atoms with Crippen molar-refractivity contribution >= 4 is 12.2 Å². The molecule has 12 heavy (non-hydrogen) atoms. The molecule has 1 rings (SSSR count). The monoisotopic (exact) mass is 162 g/mol. The smallest absolute Gasteiger partial charge is 0.0646 e. The van der Waals surface area contributed by atoms with E-state index in [-0.39, 0.29) is 0 Å². The highest BCUT2D eigenvalue weighted by Gasteiger charge is 1.82. The molecule has 1 heterocycles. The van der Waals surface area contributed by atoms with Gasteiger partial charge in [0.05, 0.1) is 11.5 Å². The molecule has 0 saturated heterocycles. The van der Waals surface area contributed by atoms with Crippen LogP contribution in [0.15, 0.2) is 17.8 Å². The molecule has 1 aromatic rings. The van der Waals surface area contributed by atoms with Crippen molar-refractivity contribution in [1.29, 1.82) is 0 Å². The predicted molar refractivity (Wildman–Crippen MR) is 51.9 cm³/mol. The quantitative estimate of drug-likeness (QED) is 0.654. The average molecular weight is 162 g/mol. The number of H-pyrrole nitrogens is 1. The van der Waals surface area contributed by atoms with E-state index in [9.17, 15) is 0 Å². The first-order valence-corrected chi connectivity index (χ1v) is 4.05. The van der Waals surface area contributed by atoms with Crippen molar-refractivity contribution in [2.45, 2.75) is 20.8 Å². The number of nitrogens with zero attached hydrogens (tertiary/aromatic N) is 1. The molecule has 0 bridgehead atoms. The Bertz CT molecular complexity index is 378. The molecule has 0 spiro atoms. The van der Waals surface area contributed by atoms with Gasteiger partial charge in [-0.25, -0.2) is 0 Å². The maximum Gasteiger partial charge on any atom is 0.0646 e. The number of hydrogen-bond acceptors (Lipinski definition) is 1. The van der Waals surface area contributed by atoms with Gasteiger partial charge in [0.15, 0.2) is 0 Å². The summed E-state index contributed by atoms with van der Waals surface area (Å²) in [4.78, 5) is 0. The maximum atomic E-state index is 3.95. The Morgan fingerprint density at radius 2 is 2.25 bits per heavy atom. The zero-order valence-corrected chi connectivity index (χ0v) is 7.76. The van der Waals surface area contributed by atoms with Gasteiger partial charge < -0.3 is 0 Å². The molecule has 0 saturated carbocycles. The number of aromatic nitrogens is 2. The fraction of sp³-hybridized carbons (Fsp3) is 0.300. The van der Waals surface area contributed by atoms with Gasteiger partial charge in [0.1, 0.15) is 0 Å². The van der Waals surface area contributed by atoms with Crippen LogP contribution in [0.3, 0.4) is 0 Å². The largest absolute Gasteiger partial charge is 0.278 e. The molecule has 64 valence electrons. The van der Waals surface area contributed by atoms with E-state index in [2.05, 4.69) is 30.1 Å². The van der Waals surface area contributed by atoms with Crippen molar-refractivity contribution in [2.75, 3.05) is 0 Å². The Morgan fingerprint density at radius 1 is 1.50 bits per heavy atom. The molecular weight excluding hydrogens is 148 g/mol. The first-order valence-electron chi connectivity index (χ1n) is 4.05. The van der Waals surface area contributed by atoms with E-state index in [0.717, 1.165) is 10.6 Å². The molecular formula is C10H14N2. The predicted octanol–water partition coefficient (Wildman–Crippen LogP) is 0.957. The van der Waals surface area contributed by atoms with Gasteiger partial charge in [-0.2, -0.15) is 5.10 Å². The van der Waals surface area contributed by atoms with Gasteiger partial charge in [0, 0.05) is 5.22 Å². The third-order valence-electron chi connectivity index (χ3n) is 1.59. The van der Waals surface area contributed by atoms with Gasteiger partial charge in [-0.15, -0.1) is 0 Å². The molecule has 0 radical (unpaired) electrons. The van der Waals surface area contributed by atoms with E-state index < -0.39 is 0 Å². The average Bonchev–Trinajstić information content (AvgIpc) is 2.47. The second kappa shape index (κ2) is 3.90. The molecule has 0 atom stereocenters. The lowest BCUT2D eigenvalue weighted by Crippen LogP contribution is -2.21. The summed E-state index contributed by atoms with van der Waals surface area (Å²) < 4.78 is 0. The Balaban J connectivity index is 3.20. The van der Waals surface area contributed by atoms with Crippen LogP contribution in [0.2, 0.25) is 0 Å². The topological polar surface area (TPSA) is 28.7 Å². The number of aromatic amines is 1. The highest BCUT2D eigenvalue weighted by atomic mass is 15.1. The fourth-order valence-corrected chi connectivity index (χ4v) is 0.919. The van der Waals surface area contributed by atoms with E-state index in [1.165, 1.54) is 5.57 Å². The summed E-state index contributed by atoms with van der Waals surface area (Å²) in [6.45, 7) is 6.15. The molecule has 1 N–H and O–H groups in total. The first kappa shape index (κ1) is 8.78. The van der Waals surface area contributed by atoms with Crippen molar-refractivity contribution in [2.24, 2.45) is 0 Å². The first-order chi connectivity index (χ1) is 5.74. The molecule has 0 aliphatic carbocycles. The molecule has 0 aliphatic heterocycles. The van der Waals surface area contributed by atoms with Crippen LogP contribution < -0.4 is 10.6 Å². The molecule has 0 aliphatic rings. The van der Waals surface area contributed by atoms with Gasteiger partial charge in [0.25, 0.3) is 0 Å². The summed E-state index contributed by atoms with van der Waals surface area (Å²) in [6, 6.07) is 0. The Hall–Kier alpha value is -1.31. The van der Waals surface area contributed by atoms with Crippen LogP contribution in [0.5, 0.6) is 0 Å². The van der Waals surface area contributed by atoms with Crippen LogP contribution in [-0.2, 0) is 0 Å². The highest BCUT2D eigenvalue weighted by molar-refractivity contribution is 5.37. The summed E-state index contributed by atoms with van der Waals surface area (Å²) in [5.74, 6) is 0. The highest BCUT2D eigenvalue weighted by Crippen LogP contribution is 1.86. The SMILES string of the molecule is C/C=c1\cn[nH]\c1=C\C=C(C)C. The molecule has 0 amide bonds. The van der Waals surface area contributed by atoms with Crippen molar-refractivity contribution in [3.05, 3.63) is 28.4 Å². The fourth-order valence-electron chi connectivity index (χ4n) is 0.919. The Morgan fingerprint density at radius 3 is 2.83 bits per heavy atom. The van der Waals surface area contributed by atoms with E-state index in [1.54, 1.807) is 0 Å².